The zero-order valence-electron chi connectivity index (χ0n) is 15.1. The fourth-order valence-electron chi connectivity index (χ4n) is 3.59. The van der Waals surface area contributed by atoms with Crippen molar-refractivity contribution in [3.05, 3.63) is 64.9 Å². The van der Waals surface area contributed by atoms with E-state index in [1.807, 2.05) is 0 Å². The molecule has 5 nitrogen and oxygen atoms in total. The van der Waals surface area contributed by atoms with Gasteiger partial charge in [0.2, 0.25) is 5.78 Å². The molecule has 2 aromatic carbocycles. The maximum absolute atomic E-state index is 12.3. The van der Waals surface area contributed by atoms with Gasteiger partial charge in [0, 0.05) is 10.9 Å². The van der Waals surface area contributed by atoms with E-state index < -0.39 is 5.97 Å². The van der Waals surface area contributed by atoms with Crippen LogP contribution in [0.25, 0.3) is 11.0 Å². The second-order valence-electron chi connectivity index (χ2n) is 6.69. The van der Waals surface area contributed by atoms with Crippen LogP contribution in [0.5, 0.6) is 5.75 Å². The number of furan rings is 1. The van der Waals surface area contributed by atoms with Crippen molar-refractivity contribution >= 4 is 22.7 Å². The summed E-state index contributed by atoms with van der Waals surface area (Å²) in [5, 5.41) is 0.948. The summed E-state index contributed by atoms with van der Waals surface area (Å²) < 4.78 is 16.0. The summed E-state index contributed by atoms with van der Waals surface area (Å²) in [7, 11) is 1.50. The Bertz CT molecular complexity index is 1010. The Morgan fingerprint density at radius 1 is 1.11 bits per heavy atom. The van der Waals surface area contributed by atoms with Crippen molar-refractivity contribution in [3.8, 4) is 5.75 Å². The number of Topliss-reactive ketones (excluding diaryl/α,β-unsaturated/α-hetero) is 1. The fraction of sp³-hybridized carbons (Fsp3) is 0.273. The average Bonchev–Trinajstić information content (AvgIpc) is 3.30. The minimum Gasteiger partial charge on any atom is -0.496 e. The smallest absolute Gasteiger partial charge is 0.310 e. The van der Waals surface area contributed by atoms with Crippen LogP contribution in [-0.4, -0.2) is 25.5 Å². The number of rotatable bonds is 6. The van der Waals surface area contributed by atoms with Crippen LogP contribution in [0.2, 0.25) is 0 Å². The van der Waals surface area contributed by atoms with Gasteiger partial charge in [-0.3, -0.25) is 9.59 Å². The first kappa shape index (κ1) is 17.3. The SMILES string of the molecule is COc1ccccc1C(=O)COC(=O)Cc1coc2cc3c(cc12)CCC3. The van der Waals surface area contributed by atoms with Gasteiger partial charge in [-0.05, 0) is 54.7 Å². The molecule has 1 heterocycles. The maximum Gasteiger partial charge on any atom is 0.310 e. The fourth-order valence-corrected chi connectivity index (χ4v) is 3.59. The number of carbonyl (C=O) groups excluding carboxylic acids is 2. The molecule has 0 amide bonds. The number of benzene rings is 2. The number of ether oxygens (including phenoxy) is 2. The number of fused-ring (bicyclic) bond motifs is 2. The molecule has 0 N–H and O–H groups in total. The molecule has 1 aliphatic carbocycles. The highest BCUT2D eigenvalue weighted by Gasteiger charge is 2.18. The quantitative estimate of drug-likeness (QED) is 0.490. The predicted octanol–water partition coefficient (Wildman–Crippen LogP) is 3.90. The van der Waals surface area contributed by atoms with Crippen LogP contribution in [0, 0.1) is 0 Å². The lowest BCUT2D eigenvalue weighted by atomic mass is 10.0. The molecule has 0 bridgehead atoms. The van der Waals surface area contributed by atoms with E-state index in [2.05, 4.69) is 12.1 Å². The molecule has 1 aliphatic rings. The first-order chi connectivity index (χ1) is 13.2. The van der Waals surface area contributed by atoms with Gasteiger partial charge in [-0.15, -0.1) is 0 Å². The van der Waals surface area contributed by atoms with E-state index in [0.717, 1.165) is 35.8 Å². The van der Waals surface area contributed by atoms with Crippen molar-refractivity contribution in [3.63, 3.8) is 0 Å². The lowest BCUT2D eigenvalue weighted by molar-refractivity contribution is -0.141. The summed E-state index contributed by atoms with van der Waals surface area (Å²) in [6, 6.07) is 11.1. The molecule has 3 aromatic rings. The van der Waals surface area contributed by atoms with Crippen LogP contribution in [0.3, 0.4) is 0 Å². The standard InChI is InChI=1S/C22H20O5/c1-25-20-8-3-2-7-17(20)19(23)13-27-22(24)11-16-12-26-21-10-15-6-4-5-14(15)9-18(16)21/h2-3,7-10,12H,4-6,11,13H2,1H3. The Morgan fingerprint density at radius 2 is 1.89 bits per heavy atom. The lowest BCUT2D eigenvalue weighted by Crippen LogP contribution is -2.16. The van der Waals surface area contributed by atoms with E-state index >= 15 is 0 Å². The van der Waals surface area contributed by atoms with Crippen LogP contribution in [0.4, 0.5) is 0 Å². The molecule has 0 unspecified atom stereocenters. The zero-order valence-corrected chi connectivity index (χ0v) is 15.1. The predicted molar refractivity (Wildman–Crippen MR) is 100 cm³/mol. The Labute approximate surface area is 156 Å². The van der Waals surface area contributed by atoms with Gasteiger partial charge in [0.25, 0.3) is 0 Å². The van der Waals surface area contributed by atoms with Crippen LogP contribution in [-0.2, 0) is 28.8 Å². The van der Waals surface area contributed by atoms with Gasteiger partial charge in [-0.1, -0.05) is 12.1 Å². The minimum atomic E-state index is -0.457. The van der Waals surface area contributed by atoms with E-state index in [9.17, 15) is 9.59 Å². The molecular formula is C22H20O5. The third kappa shape index (κ3) is 3.45. The molecule has 0 atom stereocenters. The van der Waals surface area contributed by atoms with E-state index in [1.54, 1.807) is 30.5 Å². The monoisotopic (exact) mass is 364 g/mol. The molecule has 0 fully saturated rings. The molecule has 138 valence electrons. The van der Waals surface area contributed by atoms with Crippen molar-refractivity contribution < 1.29 is 23.5 Å². The van der Waals surface area contributed by atoms with Gasteiger partial charge in [-0.2, -0.15) is 0 Å². The van der Waals surface area contributed by atoms with Gasteiger partial charge in [0.05, 0.1) is 25.4 Å². The summed E-state index contributed by atoms with van der Waals surface area (Å²) in [6.07, 6.45) is 4.97. The molecule has 0 saturated heterocycles. The Balaban J connectivity index is 1.43. The second kappa shape index (κ2) is 7.27. The van der Waals surface area contributed by atoms with Gasteiger partial charge >= 0.3 is 5.97 Å². The molecule has 4 rings (SSSR count). The number of methoxy groups -OCH3 is 1. The largest absolute Gasteiger partial charge is 0.496 e. The third-order valence-corrected chi connectivity index (χ3v) is 4.97. The topological polar surface area (TPSA) is 65.7 Å². The summed E-state index contributed by atoms with van der Waals surface area (Å²) in [6.45, 7) is -0.315. The van der Waals surface area contributed by atoms with Crippen LogP contribution in [0.15, 0.2) is 47.1 Å². The summed E-state index contributed by atoms with van der Waals surface area (Å²) in [5.41, 5.74) is 4.63. The van der Waals surface area contributed by atoms with E-state index in [4.69, 9.17) is 13.9 Å². The van der Waals surface area contributed by atoms with Gasteiger partial charge in [0.15, 0.2) is 6.61 Å². The van der Waals surface area contributed by atoms with Crippen LogP contribution < -0.4 is 4.74 Å². The summed E-state index contributed by atoms with van der Waals surface area (Å²) in [4.78, 5) is 24.5. The molecule has 5 heteroatoms. The maximum atomic E-state index is 12.3. The Kier molecular flexibility index (Phi) is 4.67. The number of carbonyl (C=O) groups is 2. The van der Waals surface area contributed by atoms with Gasteiger partial charge < -0.3 is 13.9 Å². The molecular weight excluding hydrogens is 344 g/mol. The first-order valence-electron chi connectivity index (χ1n) is 8.99. The Hall–Kier alpha value is -3.08. The third-order valence-electron chi connectivity index (χ3n) is 4.97. The van der Waals surface area contributed by atoms with Gasteiger partial charge in [-0.25, -0.2) is 0 Å². The van der Waals surface area contributed by atoms with Crippen molar-refractivity contribution in [1.82, 2.24) is 0 Å². The zero-order chi connectivity index (χ0) is 18.8. The molecule has 0 saturated carbocycles. The minimum absolute atomic E-state index is 0.0744. The van der Waals surface area contributed by atoms with Crippen LogP contribution >= 0.6 is 0 Å². The van der Waals surface area contributed by atoms with Crippen molar-refractivity contribution in [2.24, 2.45) is 0 Å². The van der Waals surface area contributed by atoms with Gasteiger partial charge in [0.1, 0.15) is 11.3 Å². The summed E-state index contributed by atoms with van der Waals surface area (Å²) >= 11 is 0. The molecule has 0 radical (unpaired) electrons. The normalized spacial score (nSPS) is 12.8. The number of para-hydroxylation sites is 1. The first-order valence-corrected chi connectivity index (χ1v) is 8.99. The second-order valence-corrected chi connectivity index (χ2v) is 6.69. The van der Waals surface area contributed by atoms with E-state index in [1.165, 1.54) is 18.2 Å². The van der Waals surface area contributed by atoms with E-state index in [-0.39, 0.29) is 18.8 Å². The number of hydrogen-bond donors (Lipinski definition) is 0. The van der Waals surface area contributed by atoms with E-state index in [0.29, 0.717) is 11.3 Å². The van der Waals surface area contributed by atoms with Crippen molar-refractivity contribution in [2.45, 2.75) is 25.7 Å². The molecule has 27 heavy (non-hydrogen) atoms. The average molecular weight is 364 g/mol. The lowest BCUT2D eigenvalue weighted by Gasteiger charge is -2.08. The highest BCUT2D eigenvalue weighted by Crippen LogP contribution is 2.30. The Morgan fingerprint density at radius 3 is 2.70 bits per heavy atom. The van der Waals surface area contributed by atoms with Crippen molar-refractivity contribution in [1.29, 1.82) is 0 Å². The number of hydrogen-bond acceptors (Lipinski definition) is 5. The molecule has 1 aromatic heterocycles. The highest BCUT2D eigenvalue weighted by atomic mass is 16.5. The number of esters is 1. The molecule has 0 spiro atoms. The number of ketones is 1. The highest BCUT2D eigenvalue weighted by molar-refractivity contribution is 6.00. The van der Waals surface area contributed by atoms with Crippen LogP contribution in [0.1, 0.15) is 33.5 Å². The molecule has 0 aliphatic heterocycles. The van der Waals surface area contributed by atoms with Crippen molar-refractivity contribution in [2.75, 3.05) is 13.7 Å². The summed E-state index contributed by atoms with van der Waals surface area (Å²) in [5.74, 6) is -0.287. The number of aryl methyl sites for hydroxylation is 2.